The third kappa shape index (κ3) is 5.52. The molecule has 1 aliphatic heterocycles. The molecule has 0 unspecified atom stereocenters. The zero-order chi connectivity index (χ0) is 24.1. The van der Waals surface area contributed by atoms with E-state index >= 15 is 0 Å². The fourth-order valence-corrected chi connectivity index (χ4v) is 3.56. The molecule has 1 saturated heterocycles. The molecule has 0 aliphatic carbocycles. The minimum atomic E-state index is -0.590. The Kier molecular flexibility index (Phi) is 6.77. The van der Waals surface area contributed by atoms with Crippen molar-refractivity contribution >= 4 is 29.4 Å². The molecule has 2 heterocycles. The quantitative estimate of drug-likeness (QED) is 0.427. The molecule has 0 radical (unpaired) electrons. The lowest BCUT2D eigenvalue weighted by Gasteiger charge is -2.15. The number of benzene rings is 2. The van der Waals surface area contributed by atoms with Crippen LogP contribution in [0.15, 0.2) is 60.8 Å². The summed E-state index contributed by atoms with van der Waals surface area (Å²) in [5, 5.41) is 8.07. The highest BCUT2D eigenvalue weighted by molar-refractivity contribution is 5.91. The van der Waals surface area contributed by atoms with Gasteiger partial charge in [-0.3, -0.25) is 9.69 Å². The van der Waals surface area contributed by atoms with Crippen LogP contribution in [0.1, 0.15) is 12.6 Å². The molecular formula is C24H24FN5O4. The second-order valence-electron chi connectivity index (χ2n) is 7.80. The van der Waals surface area contributed by atoms with Gasteiger partial charge in [0, 0.05) is 30.1 Å². The number of carbonyl (C=O) groups is 3. The average molecular weight is 465 g/mol. The van der Waals surface area contributed by atoms with E-state index < -0.39 is 18.0 Å². The number of aromatic nitrogens is 1. The second kappa shape index (κ2) is 10.1. The lowest BCUT2D eigenvalue weighted by molar-refractivity contribution is -0.119. The van der Waals surface area contributed by atoms with Crippen LogP contribution in [0, 0.1) is 5.82 Å². The zero-order valence-corrected chi connectivity index (χ0v) is 18.4. The van der Waals surface area contributed by atoms with E-state index in [2.05, 4.69) is 20.9 Å². The number of carbonyl (C=O) groups excluding carboxylic acids is 3. The number of halogens is 1. The number of rotatable bonds is 7. The number of aromatic amines is 1. The summed E-state index contributed by atoms with van der Waals surface area (Å²) in [5.74, 6) is -0.719. The molecule has 0 saturated carbocycles. The van der Waals surface area contributed by atoms with Gasteiger partial charge in [0.25, 0.3) is 0 Å². The molecule has 176 valence electrons. The first-order chi connectivity index (χ1) is 16.4. The number of amides is 4. The Hall–Kier alpha value is -4.34. The maximum Gasteiger partial charge on any atom is 0.414 e. The van der Waals surface area contributed by atoms with Gasteiger partial charge in [-0.2, -0.15) is 0 Å². The lowest BCUT2D eigenvalue weighted by atomic mass is 10.0. The van der Waals surface area contributed by atoms with Crippen molar-refractivity contribution < 1.29 is 23.5 Å². The Balaban J connectivity index is 1.37. The van der Waals surface area contributed by atoms with Crippen molar-refractivity contribution in [2.24, 2.45) is 0 Å². The van der Waals surface area contributed by atoms with Crippen molar-refractivity contribution in [3.05, 3.63) is 72.3 Å². The smallest absolute Gasteiger partial charge is 0.414 e. The maximum atomic E-state index is 14.9. The van der Waals surface area contributed by atoms with E-state index in [-0.39, 0.29) is 25.0 Å². The van der Waals surface area contributed by atoms with Crippen LogP contribution in [-0.4, -0.2) is 42.2 Å². The molecule has 1 atom stereocenters. The van der Waals surface area contributed by atoms with Crippen LogP contribution >= 0.6 is 0 Å². The molecule has 1 aliphatic rings. The number of urea groups is 1. The molecule has 9 nitrogen and oxygen atoms in total. The summed E-state index contributed by atoms with van der Waals surface area (Å²) in [6, 6.07) is 14.6. The second-order valence-corrected chi connectivity index (χ2v) is 7.80. The molecule has 4 amide bonds. The number of nitrogens with one attached hydrogen (secondary N) is 4. The number of hydrogen-bond acceptors (Lipinski definition) is 4. The zero-order valence-electron chi connectivity index (χ0n) is 18.4. The molecule has 10 heteroatoms. The summed E-state index contributed by atoms with van der Waals surface area (Å²) < 4.78 is 20.1. The third-order valence-electron chi connectivity index (χ3n) is 5.27. The first-order valence-corrected chi connectivity index (χ1v) is 10.7. The van der Waals surface area contributed by atoms with E-state index in [1.165, 1.54) is 17.9 Å². The van der Waals surface area contributed by atoms with Crippen molar-refractivity contribution in [3.8, 4) is 11.1 Å². The number of ether oxygens (including phenoxy) is 1. The van der Waals surface area contributed by atoms with Crippen molar-refractivity contribution in [3.63, 3.8) is 0 Å². The molecule has 1 aromatic heterocycles. The normalized spacial score (nSPS) is 15.1. The fraction of sp³-hybridized carbons (Fsp3) is 0.208. The number of H-pyrrole nitrogens is 1. The topological polar surface area (TPSA) is 116 Å². The highest BCUT2D eigenvalue weighted by Crippen LogP contribution is 2.29. The Morgan fingerprint density at radius 3 is 2.62 bits per heavy atom. The van der Waals surface area contributed by atoms with Gasteiger partial charge in [-0.25, -0.2) is 14.0 Å². The van der Waals surface area contributed by atoms with E-state index in [9.17, 15) is 18.8 Å². The van der Waals surface area contributed by atoms with Gasteiger partial charge in [-0.1, -0.05) is 12.1 Å². The van der Waals surface area contributed by atoms with Crippen LogP contribution in [0.3, 0.4) is 0 Å². The fourth-order valence-electron chi connectivity index (χ4n) is 3.56. The first kappa shape index (κ1) is 22.8. The highest BCUT2D eigenvalue weighted by Gasteiger charge is 2.32. The summed E-state index contributed by atoms with van der Waals surface area (Å²) in [6.07, 6.45) is 0.688. The van der Waals surface area contributed by atoms with Crippen molar-refractivity contribution in [2.75, 3.05) is 23.3 Å². The summed E-state index contributed by atoms with van der Waals surface area (Å²) in [6.45, 7) is 2.16. The molecule has 0 spiro atoms. The summed E-state index contributed by atoms with van der Waals surface area (Å²) in [7, 11) is 0. The predicted molar refractivity (Wildman–Crippen MR) is 125 cm³/mol. The summed E-state index contributed by atoms with van der Waals surface area (Å²) in [5.41, 5.74) is 2.79. The van der Waals surface area contributed by atoms with Crippen LogP contribution < -0.4 is 20.9 Å². The maximum absolute atomic E-state index is 14.9. The van der Waals surface area contributed by atoms with Gasteiger partial charge in [0.1, 0.15) is 11.9 Å². The van der Waals surface area contributed by atoms with Crippen molar-refractivity contribution in [1.82, 2.24) is 15.6 Å². The number of hydrogen-bond donors (Lipinski definition) is 4. The van der Waals surface area contributed by atoms with Gasteiger partial charge in [0.2, 0.25) is 5.91 Å². The van der Waals surface area contributed by atoms with E-state index in [0.717, 1.165) is 5.69 Å². The van der Waals surface area contributed by atoms with Gasteiger partial charge in [-0.05, 0) is 48.0 Å². The predicted octanol–water partition coefficient (Wildman–Crippen LogP) is 3.60. The summed E-state index contributed by atoms with van der Waals surface area (Å²) in [4.78, 5) is 39.6. The van der Waals surface area contributed by atoms with Gasteiger partial charge >= 0.3 is 12.1 Å². The molecule has 4 N–H and O–H groups in total. The Labute approximate surface area is 195 Å². The molecule has 4 rings (SSSR count). The summed E-state index contributed by atoms with van der Waals surface area (Å²) >= 11 is 0. The van der Waals surface area contributed by atoms with E-state index in [1.54, 1.807) is 42.6 Å². The van der Waals surface area contributed by atoms with Crippen LogP contribution in [0.4, 0.5) is 25.4 Å². The van der Waals surface area contributed by atoms with E-state index in [0.29, 0.717) is 29.0 Å². The average Bonchev–Trinajstić information content (AvgIpc) is 3.46. The molecule has 1 fully saturated rings. The van der Waals surface area contributed by atoms with Gasteiger partial charge in [0.15, 0.2) is 0 Å². The Morgan fingerprint density at radius 1 is 1.15 bits per heavy atom. The van der Waals surface area contributed by atoms with Crippen LogP contribution in [0.2, 0.25) is 0 Å². The van der Waals surface area contributed by atoms with Gasteiger partial charge < -0.3 is 25.7 Å². The molecule has 2 aromatic carbocycles. The largest absolute Gasteiger partial charge is 0.442 e. The standard InChI is InChI=1S/C24H24FN5O4/c1-15(31)27-13-20-14-30(24(33)34-20)19-8-9-21(22(25)11-19)16-4-6-17(7-5-16)29-23(32)28-12-18-3-2-10-26-18/h2-11,20,26H,12-14H2,1H3,(H,27,31)(H2,28,29,32)/t20-/m0/s1. The SMILES string of the molecule is CC(=O)NC[C@H]1CN(c2ccc(-c3ccc(NC(=O)NCc4ccc[nH]4)cc3)c(F)c2)C(=O)O1. The molecule has 3 aromatic rings. The lowest BCUT2D eigenvalue weighted by Crippen LogP contribution is -2.33. The molecule has 0 bridgehead atoms. The van der Waals surface area contributed by atoms with Crippen molar-refractivity contribution in [2.45, 2.75) is 19.6 Å². The minimum absolute atomic E-state index is 0.197. The van der Waals surface area contributed by atoms with Crippen LogP contribution in [0.25, 0.3) is 11.1 Å². The first-order valence-electron chi connectivity index (χ1n) is 10.7. The monoisotopic (exact) mass is 465 g/mol. The van der Waals surface area contributed by atoms with Gasteiger partial charge in [-0.15, -0.1) is 0 Å². The van der Waals surface area contributed by atoms with E-state index in [4.69, 9.17) is 4.74 Å². The van der Waals surface area contributed by atoms with E-state index in [1.807, 2.05) is 12.1 Å². The Bertz CT molecular complexity index is 1180. The number of cyclic esters (lactones) is 1. The van der Waals surface area contributed by atoms with Gasteiger partial charge in [0.05, 0.1) is 25.3 Å². The number of anilines is 2. The Morgan fingerprint density at radius 2 is 1.94 bits per heavy atom. The third-order valence-corrected chi connectivity index (χ3v) is 5.27. The highest BCUT2D eigenvalue weighted by atomic mass is 19.1. The minimum Gasteiger partial charge on any atom is -0.442 e. The molecule has 34 heavy (non-hydrogen) atoms. The molecular weight excluding hydrogens is 441 g/mol. The van der Waals surface area contributed by atoms with Crippen molar-refractivity contribution in [1.29, 1.82) is 0 Å². The number of nitrogens with zero attached hydrogens (tertiary/aromatic N) is 1. The van der Waals surface area contributed by atoms with Crippen LogP contribution in [-0.2, 0) is 16.1 Å². The van der Waals surface area contributed by atoms with Crippen LogP contribution in [0.5, 0.6) is 0 Å².